The van der Waals surface area contributed by atoms with Crippen LogP contribution in [0, 0.1) is 5.82 Å². The van der Waals surface area contributed by atoms with Gasteiger partial charge in [-0.25, -0.2) is 4.39 Å². The fraction of sp³-hybridized carbons (Fsp3) is 0.286. The Labute approximate surface area is 106 Å². The van der Waals surface area contributed by atoms with E-state index in [1.54, 1.807) is 19.3 Å². The molecule has 1 aromatic carbocycles. The molecule has 0 bridgehead atoms. The van der Waals surface area contributed by atoms with Crippen LogP contribution in [0.15, 0.2) is 41.0 Å². The Morgan fingerprint density at radius 2 is 2.11 bits per heavy atom. The van der Waals surface area contributed by atoms with Gasteiger partial charge in [-0.2, -0.15) is 0 Å². The van der Waals surface area contributed by atoms with E-state index < -0.39 is 0 Å². The summed E-state index contributed by atoms with van der Waals surface area (Å²) < 4.78 is 19.1. The van der Waals surface area contributed by atoms with Crippen molar-refractivity contribution in [3.63, 3.8) is 0 Å². The van der Waals surface area contributed by atoms with Crippen molar-refractivity contribution in [3.8, 4) is 0 Å². The Morgan fingerprint density at radius 1 is 1.33 bits per heavy atom. The summed E-state index contributed by atoms with van der Waals surface area (Å²) in [5.74, 6) is 0.561. The minimum absolute atomic E-state index is 0.270. The number of anilines is 1. The molecule has 0 saturated carbocycles. The third-order valence-electron chi connectivity index (χ3n) is 2.87. The van der Waals surface area contributed by atoms with Gasteiger partial charge in [0, 0.05) is 24.3 Å². The molecule has 4 heteroatoms. The Balaban J connectivity index is 2.29. The first kappa shape index (κ1) is 12.6. The summed E-state index contributed by atoms with van der Waals surface area (Å²) in [6.45, 7) is 2.36. The van der Waals surface area contributed by atoms with E-state index in [4.69, 9.17) is 10.2 Å². The molecule has 2 aromatic rings. The Hall–Kier alpha value is -1.81. The van der Waals surface area contributed by atoms with Crippen molar-refractivity contribution >= 4 is 5.69 Å². The summed E-state index contributed by atoms with van der Waals surface area (Å²) in [5, 5.41) is 0. The maximum atomic E-state index is 13.8. The molecule has 0 unspecified atom stereocenters. The van der Waals surface area contributed by atoms with Crippen LogP contribution >= 0.6 is 0 Å². The van der Waals surface area contributed by atoms with Gasteiger partial charge in [0.15, 0.2) is 0 Å². The van der Waals surface area contributed by atoms with E-state index in [9.17, 15) is 4.39 Å². The number of halogens is 1. The van der Waals surface area contributed by atoms with Crippen molar-refractivity contribution in [1.82, 2.24) is 0 Å². The maximum absolute atomic E-state index is 13.8. The van der Waals surface area contributed by atoms with E-state index in [1.165, 1.54) is 6.07 Å². The van der Waals surface area contributed by atoms with Crippen LogP contribution in [-0.2, 0) is 6.54 Å². The van der Waals surface area contributed by atoms with E-state index in [-0.39, 0.29) is 11.9 Å². The molecule has 2 N–H and O–H groups in total. The first-order chi connectivity index (χ1) is 8.59. The molecule has 0 aliphatic heterocycles. The summed E-state index contributed by atoms with van der Waals surface area (Å²) in [6.07, 6.45) is 1.63. The van der Waals surface area contributed by atoms with E-state index >= 15 is 0 Å². The van der Waals surface area contributed by atoms with Crippen molar-refractivity contribution in [2.45, 2.75) is 19.5 Å². The van der Waals surface area contributed by atoms with Gasteiger partial charge < -0.3 is 15.1 Å². The molecule has 1 heterocycles. The monoisotopic (exact) mass is 248 g/mol. The van der Waals surface area contributed by atoms with Crippen molar-refractivity contribution in [3.05, 3.63) is 53.7 Å². The van der Waals surface area contributed by atoms with Gasteiger partial charge in [-0.05, 0) is 31.2 Å². The number of nitrogens with two attached hydrogens (primary N) is 1. The minimum Gasteiger partial charge on any atom is -0.467 e. The van der Waals surface area contributed by atoms with Crippen LogP contribution in [0.25, 0.3) is 0 Å². The number of benzene rings is 1. The van der Waals surface area contributed by atoms with Gasteiger partial charge >= 0.3 is 0 Å². The summed E-state index contributed by atoms with van der Waals surface area (Å²) in [4.78, 5) is 1.93. The number of furan rings is 1. The van der Waals surface area contributed by atoms with Crippen LogP contribution in [0.5, 0.6) is 0 Å². The Kier molecular flexibility index (Phi) is 3.67. The smallest absolute Gasteiger partial charge is 0.130 e. The second-order valence-corrected chi connectivity index (χ2v) is 4.40. The quantitative estimate of drug-likeness (QED) is 0.904. The lowest BCUT2D eigenvalue weighted by Crippen LogP contribution is -2.20. The lowest BCUT2D eigenvalue weighted by molar-refractivity contribution is 0.506. The molecular weight excluding hydrogens is 231 g/mol. The lowest BCUT2D eigenvalue weighted by atomic mass is 10.1. The SMILES string of the molecule is C[C@@H](N)c1c(F)cccc1N(C)Cc1ccco1. The lowest BCUT2D eigenvalue weighted by Gasteiger charge is -2.23. The second-order valence-electron chi connectivity index (χ2n) is 4.40. The summed E-state index contributed by atoms with van der Waals surface area (Å²) in [7, 11) is 1.89. The van der Waals surface area contributed by atoms with Gasteiger partial charge in [-0.1, -0.05) is 6.07 Å². The molecule has 0 spiro atoms. The standard InChI is InChI=1S/C14H17FN2O/c1-10(16)14-12(15)6-3-7-13(14)17(2)9-11-5-4-8-18-11/h3-8,10H,9,16H2,1-2H3/t10-/m1/s1. The highest BCUT2D eigenvalue weighted by atomic mass is 19.1. The van der Waals surface area contributed by atoms with Crippen molar-refractivity contribution in [2.75, 3.05) is 11.9 Å². The molecule has 0 fully saturated rings. The van der Waals surface area contributed by atoms with Gasteiger partial charge in [0.25, 0.3) is 0 Å². The Morgan fingerprint density at radius 3 is 2.72 bits per heavy atom. The minimum atomic E-state index is -0.347. The van der Waals surface area contributed by atoms with Crippen molar-refractivity contribution in [2.24, 2.45) is 5.73 Å². The molecule has 3 nitrogen and oxygen atoms in total. The predicted molar refractivity (Wildman–Crippen MR) is 69.8 cm³/mol. The molecular formula is C14H17FN2O. The summed E-state index contributed by atoms with van der Waals surface area (Å²) >= 11 is 0. The highest BCUT2D eigenvalue weighted by Crippen LogP contribution is 2.28. The molecule has 0 aliphatic rings. The van der Waals surface area contributed by atoms with Gasteiger partial charge in [0.1, 0.15) is 11.6 Å². The van der Waals surface area contributed by atoms with Crippen LogP contribution in [0.2, 0.25) is 0 Å². The third kappa shape index (κ3) is 2.54. The molecule has 96 valence electrons. The average Bonchev–Trinajstić information content (AvgIpc) is 2.80. The van der Waals surface area contributed by atoms with E-state index in [1.807, 2.05) is 30.1 Å². The Bertz CT molecular complexity index is 509. The highest BCUT2D eigenvalue weighted by molar-refractivity contribution is 5.55. The highest BCUT2D eigenvalue weighted by Gasteiger charge is 2.15. The largest absolute Gasteiger partial charge is 0.467 e. The van der Waals surface area contributed by atoms with Crippen molar-refractivity contribution in [1.29, 1.82) is 0 Å². The summed E-state index contributed by atoms with van der Waals surface area (Å²) in [6, 6.07) is 8.37. The molecule has 1 atom stereocenters. The zero-order valence-electron chi connectivity index (χ0n) is 10.6. The number of rotatable bonds is 4. The zero-order valence-corrected chi connectivity index (χ0v) is 10.6. The molecule has 0 radical (unpaired) electrons. The van der Waals surface area contributed by atoms with Crippen molar-refractivity contribution < 1.29 is 8.81 Å². The zero-order chi connectivity index (χ0) is 13.1. The topological polar surface area (TPSA) is 42.4 Å². The fourth-order valence-electron chi connectivity index (χ4n) is 2.03. The van der Waals surface area contributed by atoms with E-state index in [0.29, 0.717) is 12.1 Å². The van der Waals surface area contributed by atoms with Gasteiger partial charge in [0.2, 0.25) is 0 Å². The van der Waals surface area contributed by atoms with Gasteiger partial charge in [-0.3, -0.25) is 0 Å². The van der Waals surface area contributed by atoms with E-state index in [2.05, 4.69) is 0 Å². The number of hydrogen-bond donors (Lipinski definition) is 1. The number of hydrogen-bond acceptors (Lipinski definition) is 3. The van der Waals surface area contributed by atoms with Crippen LogP contribution in [0.4, 0.5) is 10.1 Å². The first-order valence-corrected chi connectivity index (χ1v) is 5.87. The number of nitrogens with zero attached hydrogens (tertiary/aromatic N) is 1. The summed E-state index contributed by atoms with van der Waals surface area (Å²) in [5.41, 5.74) is 7.16. The normalized spacial score (nSPS) is 12.4. The molecule has 1 aromatic heterocycles. The fourth-order valence-corrected chi connectivity index (χ4v) is 2.03. The average molecular weight is 248 g/mol. The van der Waals surface area contributed by atoms with E-state index in [0.717, 1.165) is 11.4 Å². The molecule has 0 saturated heterocycles. The van der Waals surface area contributed by atoms with Crippen LogP contribution in [-0.4, -0.2) is 7.05 Å². The van der Waals surface area contributed by atoms with Crippen LogP contribution in [0.1, 0.15) is 24.3 Å². The van der Waals surface area contributed by atoms with Crippen LogP contribution in [0.3, 0.4) is 0 Å². The molecule has 2 rings (SSSR count). The third-order valence-corrected chi connectivity index (χ3v) is 2.87. The first-order valence-electron chi connectivity index (χ1n) is 5.87. The maximum Gasteiger partial charge on any atom is 0.130 e. The van der Waals surface area contributed by atoms with Crippen LogP contribution < -0.4 is 10.6 Å². The predicted octanol–water partition coefficient (Wildman–Crippen LogP) is 3.07. The molecule has 18 heavy (non-hydrogen) atoms. The second kappa shape index (κ2) is 5.23. The molecule has 0 aliphatic carbocycles. The van der Waals surface area contributed by atoms with Gasteiger partial charge in [0.05, 0.1) is 12.8 Å². The molecule has 0 amide bonds. The van der Waals surface area contributed by atoms with Gasteiger partial charge in [-0.15, -0.1) is 0 Å².